The van der Waals surface area contributed by atoms with Crippen molar-refractivity contribution in [1.82, 2.24) is 15.1 Å². The van der Waals surface area contributed by atoms with Crippen molar-refractivity contribution in [2.24, 2.45) is 5.92 Å². The zero-order chi connectivity index (χ0) is 13.3. The number of hydrogen-bond acceptors (Lipinski definition) is 3. The third-order valence-electron chi connectivity index (χ3n) is 4.35. The minimum absolute atomic E-state index is 0.0389. The summed E-state index contributed by atoms with van der Waals surface area (Å²) in [6.45, 7) is 8.70. The van der Waals surface area contributed by atoms with Crippen LogP contribution in [0.3, 0.4) is 0 Å². The van der Waals surface area contributed by atoms with Gasteiger partial charge in [-0.05, 0) is 45.3 Å². The second kappa shape index (κ2) is 5.57. The summed E-state index contributed by atoms with van der Waals surface area (Å²) in [4.78, 5) is 17.0. The second-order valence-electron chi connectivity index (χ2n) is 6.10. The molecule has 0 aromatic rings. The number of rotatable bonds is 3. The lowest BCUT2D eigenvalue weighted by Gasteiger charge is -2.39. The van der Waals surface area contributed by atoms with Gasteiger partial charge in [0.2, 0.25) is 5.91 Å². The predicted molar refractivity (Wildman–Crippen MR) is 73.2 cm³/mol. The van der Waals surface area contributed by atoms with Crippen molar-refractivity contribution in [1.29, 1.82) is 0 Å². The van der Waals surface area contributed by atoms with Crippen LogP contribution in [0, 0.1) is 5.92 Å². The largest absolute Gasteiger partial charge is 0.322 e. The van der Waals surface area contributed by atoms with E-state index in [2.05, 4.69) is 42.9 Å². The summed E-state index contributed by atoms with van der Waals surface area (Å²) < 4.78 is 0. The Morgan fingerprint density at radius 3 is 2.44 bits per heavy atom. The monoisotopic (exact) mass is 253 g/mol. The van der Waals surface area contributed by atoms with Gasteiger partial charge in [0.15, 0.2) is 0 Å². The Balaban J connectivity index is 2.10. The highest BCUT2D eigenvalue weighted by atomic mass is 16.2. The lowest BCUT2D eigenvalue weighted by Crippen LogP contribution is -2.51. The molecule has 1 amide bonds. The molecular weight excluding hydrogens is 226 g/mol. The average Bonchev–Trinajstić information content (AvgIpc) is 2.68. The maximum atomic E-state index is 12.5. The van der Waals surface area contributed by atoms with Gasteiger partial charge >= 0.3 is 0 Å². The summed E-state index contributed by atoms with van der Waals surface area (Å²) in [5, 5.41) is 3.51. The van der Waals surface area contributed by atoms with Gasteiger partial charge < -0.3 is 9.80 Å². The van der Waals surface area contributed by atoms with Crippen molar-refractivity contribution in [2.75, 3.05) is 20.1 Å². The smallest absolute Gasteiger partial charge is 0.241 e. The molecule has 1 N–H and O–H groups in total. The minimum Gasteiger partial charge on any atom is -0.322 e. The van der Waals surface area contributed by atoms with Crippen LogP contribution in [0.15, 0.2) is 0 Å². The Bertz CT molecular complexity index is 297. The van der Waals surface area contributed by atoms with E-state index in [1.807, 2.05) is 0 Å². The number of nitrogens with one attached hydrogen (secondary N) is 1. The van der Waals surface area contributed by atoms with Crippen molar-refractivity contribution in [3.05, 3.63) is 0 Å². The SMILES string of the molecule is CCC1NC(C(C)C)N(C2CCN(C)CC2)C1=O. The molecule has 0 aliphatic carbocycles. The molecule has 2 saturated heterocycles. The quantitative estimate of drug-likeness (QED) is 0.823. The van der Waals surface area contributed by atoms with Crippen LogP contribution in [-0.4, -0.2) is 54.1 Å². The van der Waals surface area contributed by atoms with Crippen molar-refractivity contribution >= 4 is 5.91 Å². The summed E-state index contributed by atoms with van der Waals surface area (Å²) in [5.74, 6) is 0.802. The van der Waals surface area contributed by atoms with Crippen molar-refractivity contribution < 1.29 is 4.79 Å². The molecule has 0 aromatic heterocycles. The van der Waals surface area contributed by atoms with E-state index < -0.39 is 0 Å². The molecule has 104 valence electrons. The molecule has 2 aliphatic rings. The molecule has 0 saturated carbocycles. The van der Waals surface area contributed by atoms with E-state index in [0.717, 1.165) is 32.4 Å². The first-order valence-electron chi connectivity index (χ1n) is 7.31. The van der Waals surface area contributed by atoms with E-state index in [0.29, 0.717) is 17.9 Å². The van der Waals surface area contributed by atoms with Crippen LogP contribution in [0.2, 0.25) is 0 Å². The van der Waals surface area contributed by atoms with Crippen LogP contribution in [0.4, 0.5) is 0 Å². The molecule has 2 heterocycles. The summed E-state index contributed by atoms with van der Waals surface area (Å²) in [6, 6.07) is 0.474. The maximum Gasteiger partial charge on any atom is 0.241 e. The molecule has 2 atom stereocenters. The highest BCUT2D eigenvalue weighted by Gasteiger charge is 2.43. The van der Waals surface area contributed by atoms with E-state index in [1.165, 1.54) is 0 Å². The number of carbonyl (C=O) groups is 1. The van der Waals surface area contributed by atoms with Gasteiger partial charge in [-0.1, -0.05) is 20.8 Å². The van der Waals surface area contributed by atoms with E-state index in [-0.39, 0.29) is 12.2 Å². The Morgan fingerprint density at radius 2 is 1.94 bits per heavy atom. The summed E-state index contributed by atoms with van der Waals surface area (Å²) in [6.07, 6.45) is 3.36. The third kappa shape index (κ3) is 2.54. The second-order valence-corrected chi connectivity index (χ2v) is 6.10. The molecule has 0 radical (unpaired) electrons. The number of likely N-dealkylation sites (tertiary alicyclic amines) is 1. The number of piperidine rings is 1. The van der Waals surface area contributed by atoms with Gasteiger partial charge in [0.1, 0.15) is 0 Å². The average molecular weight is 253 g/mol. The van der Waals surface area contributed by atoms with Gasteiger partial charge in [-0.2, -0.15) is 0 Å². The number of nitrogens with zero attached hydrogens (tertiary/aromatic N) is 2. The zero-order valence-corrected chi connectivity index (χ0v) is 12.1. The standard InChI is InChI=1S/C14H27N3O/c1-5-12-14(18)17(13(15-12)10(2)3)11-6-8-16(4)9-7-11/h10-13,15H,5-9H2,1-4H3. The van der Waals surface area contributed by atoms with Gasteiger partial charge in [-0.25, -0.2) is 0 Å². The molecule has 2 unspecified atom stereocenters. The van der Waals surface area contributed by atoms with E-state index in [1.54, 1.807) is 0 Å². The summed E-state index contributed by atoms with van der Waals surface area (Å²) in [5.41, 5.74) is 0. The maximum absolute atomic E-state index is 12.5. The fraction of sp³-hybridized carbons (Fsp3) is 0.929. The normalized spacial score (nSPS) is 31.6. The van der Waals surface area contributed by atoms with Gasteiger partial charge in [-0.15, -0.1) is 0 Å². The molecule has 4 heteroatoms. The van der Waals surface area contributed by atoms with Crippen molar-refractivity contribution in [3.63, 3.8) is 0 Å². The molecular formula is C14H27N3O. The topological polar surface area (TPSA) is 35.6 Å². The first kappa shape index (κ1) is 13.8. The van der Waals surface area contributed by atoms with Crippen LogP contribution >= 0.6 is 0 Å². The molecule has 2 rings (SSSR count). The highest BCUT2D eigenvalue weighted by molar-refractivity contribution is 5.84. The summed E-state index contributed by atoms with van der Waals surface area (Å²) in [7, 11) is 2.16. The molecule has 2 aliphatic heterocycles. The Morgan fingerprint density at radius 1 is 1.33 bits per heavy atom. The van der Waals surface area contributed by atoms with Crippen LogP contribution in [-0.2, 0) is 4.79 Å². The van der Waals surface area contributed by atoms with Gasteiger partial charge in [0.05, 0.1) is 12.2 Å². The molecule has 18 heavy (non-hydrogen) atoms. The lowest BCUT2D eigenvalue weighted by molar-refractivity contribution is -0.133. The Hall–Kier alpha value is -0.610. The van der Waals surface area contributed by atoms with Crippen molar-refractivity contribution in [2.45, 2.75) is 58.3 Å². The van der Waals surface area contributed by atoms with Gasteiger partial charge in [0.25, 0.3) is 0 Å². The van der Waals surface area contributed by atoms with Crippen molar-refractivity contribution in [3.8, 4) is 0 Å². The molecule has 4 nitrogen and oxygen atoms in total. The number of amides is 1. The highest BCUT2D eigenvalue weighted by Crippen LogP contribution is 2.26. The minimum atomic E-state index is 0.0389. The number of carbonyl (C=O) groups excluding carboxylic acids is 1. The number of hydrogen-bond donors (Lipinski definition) is 1. The molecule has 2 fully saturated rings. The predicted octanol–water partition coefficient (Wildman–Crippen LogP) is 1.27. The molecule has 0 spiro atoms. The fourth-order valence-electron chi connectivity index (χ4n) is 3.16. The molecule has 0 aromatic carbocycles. The Labute approximate surface area is 111 Å². The first-order chi connectivity index (χ1) is 8.54. The summed E-state index contributed by atoms with van der Waals surface area (Å²) >= 11 is 0. The third-order valence-corrected chi connectivity index (χ3v) is 4.35. The van der Waals surface area contributed by atoms with E-state index in [4.69, 9.17) is 0 Å². The zero-order valence-electron chi connectivity index (χ0n) is 12.1. The lowest BCUT2D eigenvalue weighted by atomic mass is 10.0. The van der Waals surface area contributed by atoms with Crippen LogP contribution in [0.5, 0.6) is 0 Å². The van der Waals surface area contributed by atoms with Crippen LogP contribution < -0.4 is 5.32 Å². The van der Waals surface area contributed by atoms with E-state index >= 15 is 0 Å². The fourth-order valence-corrected chi connectivity index (χ4v) is 3.16. The Kier molecular flexibility index (Phi) is 4.28. The van der Waals surface area contributed by atoms with Crippen LogP contribution in [0.25, 0.3) is 0 Å². The van der Waals surface area contributed by atoms with Crippen LogP contribution in [0.1, 0.15) is 40.0 Å². The first-order valence-corrected chi connectivity index (χ1v) is 7.31. The van der Waals surface area contributed by atoms with Gasteiger partial charge in [-0.3, -0.25) is 10.1 Å². The van der Waals surface area contributed by atoms with Gasteiger partial charge in [0, 0.05) is 6.04 Å². The van der Waals surface area contributed by atoms with E-state index in [9.17, 15) is 4.79 Å². The molecule has 0 bridgehead atoms.